The van der Waals surface area contributed by atoms with Crippen molar-refractivity contribution < 1.29 is 14.6 Å². The Balaban J connectivity index is 2.57. The number of carboxylic acids is 1. The van der Waals surface area contributed by atoms with E-state index in [2.05, 4.69) is 5.10 Å². The summed E-state index contributed by atoms with van der Waals surface area (Å²) in [6, 6.07) is 7.31. The van der Waals surface area contributed by atoms with Crippen LogP contribution in [0.4, 0.5) is 0 Å². The van der Waals surface area contributed by atoms with E-state index < -0.39 is 5.97 Å². The van der Waals surface area contributed by atoms with Gasteiger partial charge in [-0.05, 0) is 34.7 Å². The molecule has 1 aromatic carbocycles. The van der Waals surface area contributed by atoms with Crippen LogP contribution in [0.2, 0.25) is 0 Å². The summed E-state index contributed by atoms with van der Waals surface area (Å²) in [5.74, 6) is -0.346. The maximum Gasteiger partial charge on any atom is 0.340 e. The van der Waals surface area contributed by atoms with Crippen LogP contribution in [0.3, 0.4) is 0 Å². The molecule has 88 valence electrons. The summed E-state index contributed by atoms with van der Waals surface area (Å²) in [7, 11) is 1.56. The molecule has 17 heavy (non-hydrogen) atoms. The number of benzene rings is 1. The molecule has 6 heteroatoms. The average Bonchev–Trinajstić information content (AvgIpc) is 2.71. The van der Waals surface area contributed by atoms with E-state index in [1.165, 1.54) is 6.20 Å². The van der Waals surface area contributed by atoms with Crippen LogP contribution in [-0.2, 0) is 0 Å². The van der Waals surface area contributed by atoms with Gasteiger partial charge in [-0.2, -0.15) is 5.10 Å². The summed E-state index contributed by atoms with van der Waals surface area (Å²) in [4.78, 5) is 10.9. The van der Waals surface area contributed by atoms with E-state index in [0.29, 0.717) is 15.1 Å². The summed E-state index contributed by atoms with van der Waals surface area (Å²) in [5.41, 5.74) is 0.892. The molecule has 1 N–H and O–H groups in total. The predicted molar refractivity (Wildman–Crippen MR) is 69.8 cm³/mol. The van der Waals surface area contributed by atoms with Gasteiger partial charge in [0.05, 0.1) is 13.3 Å². The van der Waals surface area contributed by atoms with Gasteiger partial charge in [0.25, 0.3) is 0 Å². The molecule has 0 fully saturated rings. The molecule has 1 heterocycles. The summed E-state index contributed by atoms with van der Waals surface area (Å²) in [6.07, 6.45) is 1.33. The molecule has 0 radical (unpaired) electrons. The van der Waals surface area contributed by atoms with Gasteiger partial charge in [-0.1, -0.05) is 12.1 Å². The number of para-hydroxylation sites is 2. The van der Waals surface area contributed by atoms with Gasteiger partial charge < -0.3 is 9.84 Å². The number of nitrogens with zero attached hydrogens (tertiary/aromatic N) is 2. The van der Waals surface area contributed by atoms with Crippen LogP contribution in [-0.4, -0.2) is 28.0 Å². The predicted octanol–water partition coefficient (Wildman–Crippen LogP) is 2.18. The Bertz CT molecular complexity index is 566. The minimum Gasteiger partial charge on any atom is -0.494 e. The Morgan fingerprint density at radius 1 is 1.47 bits per heavy atom. The maximum atomic E-state index is 10.9. The third kappa shape index (κ3) is 2.12. The fraction of sp³-hybridized carbons (Fsp3) is 0.0909. The lowest BCUT2D eigenvalue weighted by Gasteiger charge is -2.08. The van der Waals surface area contributed by atoms with Crippen molar-refractivity contribution in [3.05, 3.63) is 39.7 Å². The Morgan fingerprint density at radius 3 is 2.76 bits per heavy atom. The molecular formula is C11H9IN2O3. The fourth-order valence-corrected chi connectivity index (χ4v) is 2.20. The van der Waals surface area contributed by atoms with E-state index in [0.717, 1.165) is 0 Å². The Hall–Kier alpha value is -1.57. The Kier molecular flexibility index (Phi) is 3.32. The number of ether oxygens (including phenoxy) is 1. The number of hydrogen-bond donors (Lipinski definition) is 1. The monoisotopic (exact) mass is 344 g/mol. The van der Waals surface area contributed by atoms with Crippen LogP contribution in [0, 0.1) is 3.70 Å². The molecule has 1 aromatic heterocycles. The van der Waals surface area contributed by atoms with Crippen molar-refractivity contribution in [3.8, 4) is 11.4 Å². The Labute approximate surface area is 111 Å². The van der Waals surface area contributed by atoms with Crippen molar-refractivity contribution >= 4 is 28.6 Å². The van der Waals surface area contributed by atoms with Crippen LogP contribution >= 0.6 is 22.6 Å². The number of carbonyl (C=O) groups is 1. The van der Waals surface area contributed by atoms with Gasteiger partial charge in [-0.3, -0.25) is 0 Å². The normalized spacial score (nSPS) is 10.2. The third-order valence-electron chi connectivity index (χ3n) is 2.25. The van der Waals surface area contributed by atoms with Crippen LogP contribution in [0.1, 0.15) is 10.4 Å². The van der Waals surface area contributed by atoms with Gasteiger partial charge in [0.2, 0.25) is 0 Å². The molecule has 0 saturated heterocycles. The minimum absolute atomic E-state index is 0.177. The summed E-state index contributed by atoms with van der Waals surface area (Å²) in [6.45, 7) is 0. The highest BCUT2D eigenvalue weighted by Gasteiger charge is 2.16. The maximum absolute atomic E-state index is 10.9. The van der Waals surface area contributed by atoms with E-state index >= 15 is 0 Å². The zero-order chi connectivity index (χ0) is 12.4. The molecule has 0 aliphatic heterocycles. The average molecular weight is 344 g/mol. The largest absolute Gasteiger partial charge is 0.494 e. The topological polar surface area (TPSA) is 64.4 Å². The van der Waals surface area contributed by atoms with Gasteiger partial charge >= 0.3 is 5.97 Å². The number of halogens is 1. The summed E-state index contributed by atoms with van der Waals surface area (Å²) >= 11 is 1.95. The number of methoxy groups -OCH3 is 1. The minimum atomic E-state index is -0.990. The van der Waals surface area contributed by atoms with E-state index in [1.54, 1.807) is 17.9 Å². The van der Waals surface area contributed by atoms with Gasteiger partial charge in [0.1, 0.15) is 20.7 Å². The highest BCUT2D eigenvalue weighted by atomic mass is 127. The highest BCUT2D eigenvalue weighted by Crippen LogP contribution is 2.25. The van der Waals surface area contributed by atoms with Gasteiger partial charge in [-0.15, -0.1) is 0 Å². The molecule has 0 saturated carbocycles. The second kappa shape index (κ2) is 4.74. The zero-order valence-electron chi connectivity index (χ0n) is 8.92. The molecule has 0 spiro atoms. The second-order valence-electron chi connectivity index (χ2n) is 3.24. The van der Waals surface area contributed by atoms with Gasteiger partial charge in [-0.25, -0.2) is 9.48 Å². The first kappa shape index (κ1) is 11.9. The van der Waals surface area contributed by atoms with E-state index in [4.69, 9.17) is 9.84 Å². The first-order chi connectivity index (χ1) is 8.15. The lowest BCUT2D eigenvalue weighted by molar-refractivity contribution is 0.0695. The number of rotatable bonds is 3. The smallest absolute Gasteiger partial charge is 0.340 e. The summed E-state index contributed by atoms with van der Waals surface area (Å²) in [5, 5.41) is 13.0. The number of hydrogen-bond acceptors (Lipinski definition) is 3. The Morgan fingerprint density at radius 2 is 2.18 bits per heavy atom. The zero-order valence-corrected chi connectivity index (χ0v) is 11.1. The van der Waals surface area contributed by atoms with Gasteiger partial charge in [0, 0.05) is 0 Å². The van der Waals surface area contributed by atoms with Crippen LogP contribution in [0.15, 0.2) is 30.5 Å². The fourth-order valence-electron chi connectivity index (χ4n) is 1.45. The first-order valence-corrected chi connectivity index (χ1v) is 5.83. The lowest BCUT2D eigenvalue weighted by Crippen LogP contribution is -2.04. The highest BCUT2D eigenvalue weighted by molar-refractivity contribution is 14.1. The lowest BCUT2D eigenvalue weighted by atomic mass is 10.3. The van der Waals surface area contributed by atoms with Crippen molar-refractivity contribution in [2.45, 2.75) is 0 Å². The molecule has 2 rings (SSSR count). The third-order valence-corrected chi connectivity index (χ3v) is 3.29. The standard InChI is InChI=1S/C11H9IN2O3/c1-17-9-5-3-2-4-8(9)14-10(12)7(6-13-14)11(15)16/h2-6H,1H3,(H,15,16). The van der Waals surface area contributed by atoms with Crippen molar-refractivity contribution in [3.63, 3.8) is 0 Å². The SMILES string of the molecule is COc1ccccc1-n1ncc(C(=O)O)c1I. The number of aromatic nitrogens is 2. The van der Waals surface area contributed by atoms with Crippen LogP contribution in [0.5, 0.6) is 5.75 Å². The van der Waals surface area contributed by atoms with E-state index in [1.807, 2.05) is 40.8 Å². The number of carboxylic acid groups (broad SMARTS) is 1. The van der Waals surface area contributed by atoms with Crippen LogP contribution in [0.25, 0.3) is 5.69 Å². The van der Waals surface area contributed by atoms with Crippen molar-refractivity contribution in [1.82, 2.24) is 9.78 Å². The molecule has 0 atom stereocenters. The van der Waals surface area contributed by atoms with Gasteiger partial charge in [0.15, 0.2) is 0 Å². The van der Waals surface area contributed by atoms with Crippen molar-refractivity contribution in [1.29, 1.82) is 0 Å². The molecule has 0 unspecified atom stereocenters. The quantitative estimate of drug-likeness (QED) is 0.867. The molecule has 0 amide bonds. The van der Waals surface area contributed by atoms with Crippen molar-refractivity contribution in [2.75, 3.05) is 7.11 Å². The molecule has 0 bridgehead atoms. The van der Waals surface area contributed by atoms with Crippen molar-refractivity contribution in [2.24, 2.45) is 0 Å². The molecule has 0 aliphatic carbocycles. The van der Waals surface area contributed by atoms with E-state index in [9.17, 15) is 4.79 Å². The van der Waals surface area contributed by atoms with Crippen LogP contribution < -0.4 is 4.74 Å². The second-order valence-corrected chi connectivity index (χ2v) is 4.26. The molecule has 5 nitrogen and oxygen atoms in total. The van der Waals surface area contributed by atoms with E-state index in [-0.39, 0.29) is 5.56 Å². The number of aromatic carboxylic acids is 1. The molecular weight excluding hydrogens is 335 g/mol. The molecule has 2 aromatic rings. The first-order valence-electron chi connectivity index (χ1n) is 4.75. The summed E-state index contributed by atoms with van der Waals surface area (Å²) < 4.78 is 7.30. The molecule has 0 aliphatic rings.